The van der Waals surface area contributed by atoms with Crippen LogP contribution in [0.5, 0.6) is 0 Å². The summed E-state index contributed by atoms with van der Waals surface area (Å²) in [4.78, 5) is 4.89. The molecule has 0 aliphatic carbocycles. The Balaban J connectivity index is 0.964. The van der Waals surface area contributed by atoms with E-state index in [1.165, 1.54) is 0 Å². The Morgan fingerprint density at radius 2 is 0.602 bits per heavy atom. The van der Waals surface area contributed by atoms with Gasteiger partial charge in [0.1, 0.15) is 11.2 Å². The van der Waals surface area contributed by atoms with Gasteiger partial charge in [0.25, 0.3) is 0 Å². The molecular formula is C84H52N2O2. The minimum absolute atomic E-state index is 0.338. The Labute approximate surface area is 510 Å². The van der Waals surface area contributed by atoms with Crippen LogP contribution in [0.1, 0.15) is 2.74 Å². The lowest BCUT2D eigenvalue weighted by atomic mass is 9.90. The van der Waals surface area contributed by atoms with Crippen LogP contribution in [0.15, 0.2) is 324 Å². The van der Waals surface area contributed by atoms with Crippen molar-refractivity contribution in [2.45, 2.75) is 0 Å². The monoisotopic (exact) mass is 1120 g/mol. The summed E-state index contributed by atoms with van der Waals surface area (Å²) in [5.74, 6) is 0. The maximum atomic E-state index is 9.14. The molecule has 0 spiro atoms. The van der Waals surface area contributed by atoms with Gasteiger partial charge in [0.2, 0.25) is 0 Å². The molecule has 0 aliphatic rings. The van der Waals surface area contributed by atoms with Crippen molar-refractivity contribution >= 4 is 132 Å². The first-order valence-corrected chi connectivity index (χ1v) is 30.0. The molecule has 4 heteroatoms. The average molecular weight is 1120 g/mol. The van der Waals surface area contributed by atoms with Crippen molar-refractivity contribution in [3.05, 3.63) is 315 Å². The molecule has 2 aromatic heterocycles. The molecular weight excluding hydrogens is 1070 g/mol. The standard InChI is InChI=1S/C84H52N2O2/c1-5-19-53(20-6-1)61-37-35-57-39-45-63(55-23-9-3-10-24-55)81(71(57)51-61)85(75-31-17-29-67-65-27-13-15-33-77(65)87-83(67)75)73-49-43-59-42-48-70-74(50-44-60-41-47-69(73)79(59)80(60)70)86(76-32-18-30-68-66-28-14-16-34-78(66)88-84(68)76)82-64(56-25-11-4-12-26-56)46-40-58-36-38-62(52-72(58)82)54-21-7-2-8-22-54/h1-52H/i33D,34D. The highest BCUT2D eigenvalue weighted by molar-refractivity contribution is 6.30. The highest BCUT2D eigenvalue weighted by atomic mass is 16.3. The molecule has 0 bridgehead atoms. The second-order valence-electron chi connectivity index (χ2n) is 22.9. The van der Waals surface area contributed by atoms with E-state index in [4.69, 9.17) is 11.6 Å². The number of rotatable bonds is 10. The number of furan rings is 2. The van der Waals surface area contributed by atoms with Crippen LogP contribution in [0, 0.1) is 0 Å². The molecule has 16 aromatic carbocycles. The Morgan fingerprint density at radius 1 is 0.239 bits per heavy atom. The lowest BCUT2D eigenvalue weighted by Crippen LogP contribution is -2.14. The lowest BCUT2D eigenvalue weighted by Gasteiger charge is -2.32. The Morgan fingerprint density at radius 3 is 1.03 bits per heavy atom. The van der Waals surface area contributed by atoms with Crippen molar-refractivity contribution in [2.75, 3.05) is 9.80 Å². The lowest BCUT2D eigenvalue weighted by molar-refractivity contribution is 0.669. The molecule has 0 amide bonds. The molecule has 0 fully saturated rings. The Hall–Kier alpha value is -11.7. The van der Waals surface area contributed by atoms with Gasteiger partial charge < -0.3 is 18.6 Å². The van der Waals surface area contributed by atoms with Gasteiger partial charge in [-0.05, 0) is 114 Å². The molecule has 0 N–H and O–H groups in total. The van der Waals surface area contributed by atoms with E-state index < -0.39 is 0 Å². The minimum atomic E-state index is 0.338. The van der Waals surface area contributed by atoms with Crippen LogP contribution in [-0.2, 0) is 0 Å². The second kappa shape index (κ2) is 20.0. The van der Waals surface area contributed by atoms with Gasteiger partial charge in [-0.15, -0.1) is 0 Å². The fourth-order valence-electron chi connectivity index (χ4n) is 14.0. The van der Waals surface area contributed by atoms with Gasteiger partial charge in [0.05, 0.1) is 36.9 Å². The van der Waals surface area contributed by atoms with Crippen LogP contribution in [0.3, 0.4) is 0 Å². The third kappa shape index (κ3) is 7.79. The number of benzene rings is 16. The average Bonchev–Trinajstić information content (AvgIpc) is 0.941. The van der Waals surface area contributed by atoms with Crippen molar-refractivity contribution in [3.8, 4) is 44.5 Å². The highest BCUT2D eigenvalue weighted by Gasteiger charge is 2.30. The molecule has 410 valence electrons. The maximum absolute atomic E-state index is 9.14. The third-order valence-corrected chi connectivity index (χ3v) is 18.0. The smallest absolute Gasteiger partial charge is 0.159 e. The number of para-hydroxylation sites is 4. The predicted molar refractivity (Wildman–Crippen MR) is 371 cm³/mol. The van der Waals surface area contributed by atoms with Gasteiger partial charge in [-0.3, -0.25) is 0 Å². The van der Waals surface area contributed by atoms with Crippen molar-refractivity contribution in [2.24, 2.45) is 0 Å². The SMILES string of the molecule is [2H]c1cccc2c1oc1c(N(c3c(-c4ccccc4)ccc4ccc(-c5ccccc5)cc34)c3ccc4ccc5c(N(c6c(-c7ccccc7)ccc7ccc(-c8ccccc8)cc67)c6cccc7c6oc6c([2H])cccc67)ccc6ccc3c4c65)cccc12. The van der Waals surface area contributed by atoms with Gasteiger partial charge in [0.15, 0.2) is 11.2 Å². The number of hydrogen-bond donors (Lipinski definition) is 0. The van der Waals surface area contributed by atoms with Crippen molar-refractivity contribution in [1.82, 2.24) is 0 Å². The summed E-state index contributed by atoms with van der Waals surface area (Å²) < 4.78 is 32.4. The van der Waals surface area contributed by atoms with Crippen molar-refractivity contribution in [1.29, 1.82) is 0 Å². The van der Waals surface area contributed by atoms with Crippen LogP contribution in [0.4, 0.5) is 34.1 Å². The van der Waals surface area contributed by atoms with Crippen LogP contribution in [0.2, 0.25) is 0 Å². The summed E-state index contributed by atoms with van der Waals surface area (Å²) >= 11 is 0. The molecule has 18 aromatic rings. The molecule has 2 heterocycles. The molecule has 0 saturated heterocycles. The highest BCUT2D eigenvalue weighted by Crippen LogP contribution is 2.55. The molecule has 0 atom stereocenters. The Bertz CT molecular complexity index is 5510. The fourth-order valence-corrected chi connectivity index (χ4v) is 14.0. The summed E-state index contributed by atoms with van der Waals surface area (Å²) in [6.45, 7) is 0. The van der Waals surface area contributed by atoms with Gasteiger partial charge in [-0.25, -0.2) is 0 Å². The normalized spacial score (nSPS) is 12.2. The van der Waals surface area contributed by atoms with Gasteiger partial charge in [-0.2, -0.15) is 0 Å². The zero-order chi connectivity index (χ0) is 59.6. The molecule has 0 saturated carbocycles. The van der Waals surface area contributed by atoms with Crippen molar-refractivity contribution < 1.29 is 11.6 Å². The van der Waals surface area contributed by atoms with Gasteiger partial charge in [0, 0.05) is 54.2 Å². The first-order chi connectivity index (χ1) is 44.5. The molecule has 18 rings (SSSR count). The van der Waals surface area contributed by atoms with E-state index in [-0.39, 0.29) is 0 Å². The summed E-state index contributed by atoms with van der Waals surface area (Å²) in [6, 6.07) is 109. The summed E-state index contributed by atoms with van der Waals surface area (Å²) in [5, 5.41) is 14.6. The first kappa shape index (κ1) is 47.6. The number of nitrogens with zero attached hydrogens (tertiary/aromatic N) is 2. The summed E-state index contributed by atoms with van der Waals surface area (Å²) in [5.41, 5.74) is 16.9. The predicted octanol–water partition coefficient (Wildman–Crippen LogP) is 24.3. The molecule has 0 unspecified atom stereocenters. The second-order valence-corrected chi connectivity index (χ2v) is 22.9. The number of hydrogen-bond acceptors (Lipinski definition) is 4. The largest absolute Gasteiger partial charge is 0.454 e. The van der Waals surface area contributed by atoms with E-state index >= 15 is 0 Å². The molecule has 4 nitrogen and oxygen atoms in total. The molecule has 0 radical (unpaired) electrons. The summed E-state index contributed by atoms with van der Waals surface area (Å²) in [7, 11) is 0. The van der Waals surface area contributed by atoms with E-state index in [1.807, 2.05) is 12.1 Å². The topological polar surface area (TPSA) is 32.8 Å². The third-order valence-electron chi connectivity index (χ3n) is 18.0. The van der Waals surface area contributed by atoms with Crippen LogP contribution >= 0.6 is 0 Å². The number of anilines is 6. The Kier molecular flexibility index (Phi) is 10.8. The zero-order valence-electron chi connectivity index (χ0n) is 49.6. The van der Waals surface area contributed by atoms with Gasteiger partial charge >= 0.3 is 0 Å². The van der Waals surface area contributed by atoms with E-state index in [1.54, 1.807) is 12.1 Å². The van der Waals surface area contributed by atoms with E-state index in [9.17, 15) is 0 Å². The fraction of sp³-hybridized carbons (Fsp3) is 0. The quantitative estimate of drug-likeness (QED) is 0.128. The van der Waals surface area contributed by atoms with Crippen LogP contribution < -0.4 is 9.80 Å². The maximum Gasteiger partial charge on any atom is 0.159 e. The molecule has 88 heavy (non-hydrogen) atoms. The minimum Gasteiger partial charge on any atom is -0.454 e. The van der Waals surface area contributed by atoms with Crippen LogP contribution in [-0.4, -0.2) is 0 Å². The molecule has 0 aliphatic heterocycles. The number of fused-ring (bicyclic) bond motifs is 8. The van der Waals surface area contributed by atoms with E-state index in [0.29, 0.717) is 34.4 Å². The van der Waals surface area contributed by atoms with Gasteiger partial charge in [-0.1, -0.05) is 267 Å². The summed E-state index contributed by atoms with van der Waals surface area (Å²) in [6.07, 6.45) is 0. The van der Waals surface area contributed by atoms with Crippen molar-refractivity contribution in [3.63, 3.8) is 0 Å². The van der Waals surface area contributed by atoms with Crippen LogP contribution in [0.25, 0.3) is 142 Å². The first-order valence-electron chi connectivity index (χ1n) is 31.0. The van der Waals surface area contributed by atoms with E-state index in [2.05, 4.69) is 289 Å². The van der Waals surface area contributed by atoms with E-state index in [0.717, 1.165) is 154 Å². The zero-order valence-corrected chi connectivity index (χ0v) is 47.6.